The first-order valence-corrected chi connectivity index (χ1v) is 11.9. The Morgan fingerprint density at radius 3 is 2.22 bits per heavy atom. The van der Waals surface area contributed by atoms with Gasteiger partial charge in [-0.1, -0.05) is 20.8 Å². The zero-order chi connectivity index (χ0) is 21.2. The summed E-state index contributed by atoms with van der Waals surface area (Å²) in [5.41, 5.74) is -2.02. The molecule has 3 atom stereocenters. The molecule has 0 aromatic rings. The summed E-state index contributed by atoms with van der Waals surface area (Å²) in [7, 11) is 0.244. The van der Waals surface area contributed by atoms with Crippen molar-refractivity contribution in [1.29, 1.82) is 0 Å². The molecule has 0 spiro atoms. The number of nitrogens with one attached hydrogen (secondary N) is 1. The maximum Gasteiger partial charge on any atom is 0.412 e. The second-order valence-electron chi connectivity index (χ2n) is 9.61. The Morgan fingerprint density at radius 1 is 1.26 bits per heavy atom. The van der Waals surface area contributed by atoms with E-state index in [-0.39, 0.29) is 23.7 Å². The van der Waals surface area contributed by atoms with Crippen molar-refractivity contribution in [3.63, 3.8) is 0 Å². The minimum atomic E-state index is -1.28. The molecule has 1 aliphatic rings. The second kappa shape index (κ2) is 8.49. The normalized spacial score (nSPS) is 24.9. The number of carbonyl (C=O) groups is 2. The van der Waals surface area contributed by atoms with Gasteiger partial charge in [-0.2, -0.15) is 0 Å². The van der Waals surface area contributed by atoms with Crippen molar-refractivity contribution >= 4 is 21.0 Å². The van der Waals surface area contributed by atoms with E-state index in [4.69, 9.17) is 9.16 Å². The van der Waals surface area contributed by atoms with E-state index in [1.807, 2.05) is 13.1 Å². The molecule has 0 saturated carbocycles. The van der Waals surface area contributed by atoms with Crippen LogP contribution in [0, 0.1) is 11.3 Å². The highest BCUT2D eigenvalue weighted by molar-refractivity contribution is 6.48. The van der Waals surface area contributed by atoms with Crippen molar-refractivity contribution in [2.45, 2.75) is 84.9 Å². The van der Waals surface area contributed by atoms with E-state index in [0.717, 1.165) is 0 Å². The molecule has 0 aliphatic carbocycles. The van der Waals surface area contributed by atoms with E-state index in [2.05, 4.69) is 26.1 Å². The number of hydrogen-bond donors (Lipinski definition) is 2. The summed E-state index contributed by atoms with van der Waals surface area (Å²) in [6.07, 6.45) is -1.34. The average molecular weight is 402 g/mol. The Kier molecular flexibility index (Phi) is 7.52. The third-order valence-electron chi connectivity index (χ3n) is 4.80. The van der Waals surface area contributed by atoms with E-state index in [0.29, 0.717) is 13.0 Å². The quantitative estimate of drug-likeness (QED) is 0.692. The molecule has 2 amide bonds. The van der Waals surface area contributed by atoms with Crippen LogP contribution < -0.4 is 5.32 Å². The van der Waals surface area contributed by atoms with Gasteiger partial charge in [-0.3, -0.25) is 9.69 Å². The predicted octanol–water partition coefficient (Wildman–Crippen LogP) is 2.75. The molecule has 157 valence electrons. The van der Waals surface area contributed by atoms with Gasteiger partial charge in [-0.25, -0.2) is 4.79 Å². The molecule has 1 fully saturated rings. The lowest BCUT2D eigenvalue weighted by Gasteiger charge is -2.43. The molecule has 1 rings (SSSR count). The Bertz CT molecular complexity index is 541. The highest BCUT2D eigenvalue weighted by atomic mass is 28.3. The van der Waals surface area contributed by atoms with Crippen LogP contribution in [0.3, 0.4) is 0 Å². The zero-order valence-corrected chi connectivity index (χ0v) is 19.3. The van der Waals surface area contributed by atoms with Gasteiger partial charge in [0, 0.05) is 20.0 Å². The van der Waals surface area contributed by atoms with Crippen LogP contribution in [0.1, 0.15) is 54.4 Å². The van der Waals surface area contributed by atoms with Crippen LogP contribution >= 0.6 is 0 Å². The van der Waals surface area contributed by atoms with Gasteiger partial charge in [0.1, 0.15) is 11.7 Å². The monoisotopic (exact) mass is 401 g/mol. The number of amides is 2. The molecule has 0 unspecified atom stereocenters. The van der Waals surface area contributed by atoms with Crippen molar-refractivity contribution in [3.05, 3.63) is 0 Å². The smallest absolute Gasteiger partial charge is 0.412 e. The molecule has 7 nitrogen and oxygen atoms in total. The molecule has 8 heteroatoms. The molecule has 1 heterocycles. The molecular formula is C19H37N2O5Si. The lowest BCUT2D eigenvalue weighted by Crippen LogP contribution is -2.60. The zero-order valence-electron chi connectivity index (χ0n) is 18.3. The fraction of sp³-hybridized carbons (Fsp3) is 0.895. The lowest BCUT2D eigenvalue weighted by atomic mass is 9.78. The standard InChI is InChI=1S/C19H37N2O5Si/c1-17(2,3)13-11-19(26-27(8)9,14(22)10-15(23)20-7)21(12-13)16(24)25-18(4,5)6/h13-14,22H,10-12H2,1-9H3,(H,20,23)/t13-,14-,19-/m0/s1. The third kappa shape index (κ3) is 6.19. The Hall–Kier alpha value is -1.12. The van der Waals surface area contributed by atoms with E-state index in [1.54, 1.807) is 20.8 Å². The Labute approximate surface area is 165 Å². The summed E-state index contributed by atoms with van der Waals surface area (Å²) in [4.78, 5) is 26.5. The van der Waals surface area contributed by atoms with Crippen LogP contribution in [-0.4, -0.2) is 62.1 Å². The lowest BCUT2D eigenvalue weighted by molar-refractivity contribution is -0.150. The van der Waals surface area contributed by atoms with E-state index < -0.39 is 32.6 Å². The van der Waals surface area contributed by atoms with Gasteiger partial charge < -0.3 is 19.6 Å². The summed E-state index contributed by atoms with van der Waals surface area (Å²) < 4.78 is 11.9. The number of aliphatic hydroxyl groups is 1. The molecule has 27 heavy (non-hydrogen) atoms. The van der Waals surface area contributed by atoms with Crippen LogP contribution in [0.15, 0.2) is 0 Å². The maximum absolute atomic E-state index is 13.0. The van der Waals surface area contributed by atoms with Gasteiger partial charge in [0.15, 0.2) is 5.72 Å². The molecule has 0 aromatic heterocycles. The highest BCUT2D eigenvalue weighted by Crippen LogP contribution is 2.46. The van der Waals surface area contributed by atoms with E-state index in [9.17, 15) is 14.7 Å². The number of likely N-dealkylation sites (tertiary alicyclic amines) is 1. The number of rotatable bonds is 5. The van der Waals surface area contributed by atoms with Crippen molar-refractivity contribution in [2.75, 3.05) is 13.6 Å². The first-order chi connectivity index (χ1) is 12.1. The Morgan fingerprint density at radius 2 is 1.81 bits per heavy atom. The van der Waals surface area contributed by atoms with Crippen molar-refractivity contribution < 1.29 is 23.9 Å². The minimum Gasteiger partial charge on any atom is -0.444 e. The summed E-state index contributed by atoms with van der Waals surface area (Å²) in [5, 5.41) is 13.6. The second-order valence-corrected chi connectivity index (χ2v) is 11.6. The molecule has 1 aliphatic heterocycles. The Balaban J connectivity index is 3.36. The van der Waals surface area contributed by atoms with E-state index in [1.165, 1.54) is 11.9 Å². The van der Waals surface area contributed by atoms with Crippen LogP contribution in [-0.2, 0) is 14.0 Å². The topological polar surface area (TPSA) is 88.1 Å². The van der Waals surface area contributed by atoms with Gasteiger partial charge in [0.2, 0.25) is 14.9 Å². The highest BCUT2D eigenvalue weighted by Gasteiger charge is 2.57. The number of nitrogens with zero attached hydrogens (tertiary/aromatic N) is 1. The SMILES string of the molecule is CNC(=O)C[C@H](O)[C@@]1(O[Si](C)C)C[C@H](C(C)(C)C)CN1C(=O)OC(C)(C)C. The van der Waals surface area contributed by atoms with Gasteiger partial charge in [0.25, 0.3) is 0 Å². The third-order valence-corrected chi connectivity index (χ3v) is 5.56. The van der Waals surface area contributed by atoms with Crippen LogP contribution in [0.5, 0.6) is 0 Å². The van der Waals surface area contributed by atoms with Crippen LogP contribution in [0.2, 0.25) is 13.1 Å². The van der Waals surface area contributed by atoms with Crippen molar-refractivity contribution in [3.8, 4) is 0 Å². The summed E-state index contributed by atoms with van der Waals surface area (Å²) in [5.74, 6) is -0.194. The maximum atomic E-state index is 13.0. The first-order valence-electron chi connectivity index (χ1n) is 9.51. The van der Waals surface area contributed by atoms with E-state index >= 15 is 0 Å². The fourth-order valence-electron chi connectivity index (χ4n) is 3.30. The van der Waals surface area contributed by atoms with Crippen molar-refractivity contribution in [1.82, 2.24) is 10.2 Å². The number of aliphatic hydroxyl groups excluding tert-OH is 1. The summed E-state index contributed by atoms with van der Waals surface area (Å²) in [6, 6.07) is 0. The fourth-order valence-corrected chi connectivity index (χ4v) is 4.34. The van der Waals surface area contributed by atoms with Gasteiger partial charge >= 0.3 is 6.09 Å². The number of carbonyl (C=O) groups excluding carboxylic acids is 2. The number of ether oxygens (including phenoxy) is 1. The minimum absolute atomic E-state index is 0.0908. The van der Waals surface area contributed by atoms with Crippen LogP contribution in [0.25, 0.3) is 0 Å². The molecule has 1 radical (unpaired) electrons. The molecule has 2 N–H and O–H groups in total. The summed E-state index contributed by atoms with van der Waals surface area (Å²) >= 11 is 0. The van der Waals surface area contributed by atoms with Gasteiger partial charge in [0.05, 0.1) is 6.42 Å². The summed E-state index contributed by atoms with van der Waals surface area (Å²) in [6.45, 7) is 16.1. The van der Waals surface area contributed by atoms with Gasteiger partial charge in [-0.05, 0) is 45.2 Å². The first kappa shape index (κ1) is 23.9. The molecule has 0 bridgehead atoms. The van der Waals surface area contributed by atoms with Gasteiger partial charge in [-0.15, -0.1) is 0 Å². The predicted molar refractivity (Wildman–Crippen MR) is 106 cm³/mol. The largest absolute Gasteiger partial charge is 0.444 e. The van der Waals surface area contributed by atoms with Crippen LogP contribution in [0.4, 0.5) is 4.79 Å². The average Bonchev–Trinajstić information content (AvgIpc) is 2.85. The molecular weight excluding hydrogens is 364 g/mol. The molecule has 1 saturated heterocycles. The number of hydrogen-bond acceptors (Lipinski definition) is 5. The molecule has 0 aromatic carbocycles. The van der Waals surface area contributed by atoms with Crippen molar-refractivity contribution in [2.24, 2.45) is 11.3 Å².